The second-order valence-corrected chi connectivity index (χ2v) is 3.44. The standard InChI is InChI=1S/C9H14O3/c10-6-8-4-2-1-3-7(8)5-9(11)12/h6-8H,1-5H2,(H,11,12)/t7-,8-/m0/s1. The van der Waals surface area contributed by atoms with Crippen LogP contribution >= 0.6 is 0 Å². The predicted octanol–water partition coefficient (Wildman–Crippen LogP) is 1.47. The summed E-state index contributed by atoms with van der Waals surface area (Å²) in [6.45, 7) is 0. The highest BCUT2D eigenvalue weighted by atomic mass is 16.4. The Labute approximate surface area is 71.8 Å². The molecule has 0 spiro atoms. The van der Waals surface area contributed by atoms with Gasteiger partial charge in [0.05, 0.1) is 0 Å². The zero-order valence-corrected chi connectivity index (χ0v) is 7.03. The lowest BCUT2D eigenvalue weighted by molar-refractivity contribution is -0.139. The van der Waals surface area contributed by atoms with Crippen molar-refractivity contribution in [1.29, 1.82) is 0 Å². The number of rotatable bonds is 3. The van der Waals surface area contributed by atoms with E-state index in [0.717, 1.165) is 32.0 Å². The molecule has 1 rings (SSSR count). The molecule has 3 heteroatoms. The van der Waals surface area contributed by atoms with Gasteiger partial charge in [0.1, 0.15) is 6.29 Å². The summed E-state index contributed by atoms with van der Waals surface area (Å²) in [5, 5.41) is 8.56. The van der Waals surface area contributed by atoms with Crippen molar-refractivity contribution in [3.63, 3.8) is 0 Å². The largest absolute Gasteiger partial charge is 0.481 e. The SMILES string of the molecule is O=C[C@@H]1CCCC[C@H]1CC(=O)O. The zero-order chi connectivity index (χ0) is 8.97. The van der Waals surface area contributed by atoms with Crippen LogP contribution in [0.25, 0.3) is 0 Å². The molecular weight excluding hydrogens is 156 g/mol. The monoisotopic (exact) mass is 170 g/mol. The molecule has 0 radical (unpaired) electrons. The summed E-state index contributed by atoms with van der Waals surface area (Å²) in [5.74, 6) is -0.697. The molecule has 3 nitrogen and oxygen atoms in total. The van der Waals surface area contributed by atoms with Crippen LogP contribution in [-0.4, -0.2) is 17.4 Å². The first-order valence-corrected chi connectivity index (χ1v) is 4.41. The molecule has 1 saturated carbocycles. The minimum atomic E-state index is -0.784. The molecule has 1 fully saturated rings. The van der Waals surface area contributed by atoms with Gasteiger partial charge in [0.2, 0.25) is 0 Å². The van der Waals surface area contributed by atoms with E-state index in [-0.39, 0.29) is 18.3 Å². The molecule has 0 aromatic heterocycles. The summed E-state index contributed by atoms with van der Waals surface area (Å²) in [4.78, 5) is 21.0. The molecular formula is C9H14O3. The molecule has 0 aliphatic heterocycles. The van der Waals surface area contributed by atoms with Crippen LogP contribution in [0.5, 0.6) is 0 Å². The first-order chi connectivity index (χ1) is 5.74. The summed E-state index contributed by atoms with van der Waals surface area (Å²) in [5.41, 5.74) is 0. The Morgan fingerprint density at radius 1 is 1.42 bits per heavy atom. The maximum atomic E-state index is 10.6. The van der Waals surface area contributed by atoms with Crippen molar-refractivity contribution in [2.24, 2.45) is 11.8 Å². The van der Waals surface area contributed by atoms with Crippen LogP contribution in [0.2, 0.25) is 0 Å². The maximum Gasteiger partial charge on any atom is 0.303 e. The molecule has 1 aliphatic rings. The molecule has 0 saturated heterocycles. The van der Waals surface area contributed by atoms with Crippen molar-refractivity contribution in [2.75, 3.05) is 0 Å². The Hall–Kier alpha value is -0.860. The summed E-state index contributed by atoms with van der Waals surface area (Å²) in [6.07, 6.45) is 5.00. The van der Waals surface area contributed by atoms with E-state index in [1.165, 1.54) is 0 Å². The number of carboxylic acid groups (broad SMARTS) is 1. The van der Waals surface area contributed by atoms with Crippen LogP contribution in [0.15, 0.2) is 0 Å². The van der Waals surface area contributed by atoms with E-state index in [0.29, 0.717) is 0 Å². The Morgan fingerprint density at radius 3 is 2.67 bits per heavy atom. The van der Waals surface area contributed by atoms with Gasteiger partial charge in [-0.25, -0.2) is 0 Å². The highest BCUT2D eigenvalue weighted by Crippen LogP contribution is 2.30. The van der Waals surface area contributed by atoms with Gasteiger partial charge in [-0.15, -0.1) is 0 Å². The molecule has 68 valence electrons. The van der Waals surface area contributed by atoms with Gasteiger partial charge in [-0.1, -0.05) is 12.8 Å². The molecule has 0 bridgehead atoms. The topological polar surface area (TPSA) is 54.4 Å². The average molecular weight is 170 g/mol. The van der Waals surface area contributed by atoms with E-state index in [1.807, 2.05) is 0 Å². The summed E-state index contributed by atoms with van der Waals surface area (Å²) >= 11 is 0. The predicted molar refractivity (Wildman–Crippen MR) is 43.8 cm³/mol. The number of carboxylic acids is 1. The second-order valence-electron chi connectivity index (χ2n) is 3.44. The van der Waals surface area contributed by atoms with E-state index in [1.54, 1.807) is 0 Å². The lowest BCUT2D eigenvalue weighted by Gasteiger charge is -2.25. The Balaban J connectivity index is 2.46. The first kappa shape index (κ1) is 9.23. The summed E-state index contributed by atoms with van der Waals surface area (Å²) in [7, 11) is 0. The lowest BCUT2D eigenvalue weighted by atomic mass is 9.78. The van der Waals surface area contributed by atoms with Gasteiger partial charge in [0.15, 0.2) is 0 Å². The number of carbonyl (C=O) groups is 2. The zero-order valence-electron chi connectivity index (χ0n) is 7.03. The Morgan fingerprint density at radius 2 is 2.08 bits per heavy atom. The van der Waals surface area contributed by atoms with Crippen molar-refractivity contribution in [1.82, 2.24) is 0 Å². The van der Waals surface area contributed by atoms with Gasteiger partial charge in [0, 0.05) is 12.3 Å². The van der Waals surface area contributed by atoms with Gasteiger partial charge in [-0.3, -0.25) is 4.79 Å². The summed E-state index contributed by atoms with van der Waals surface area (Å²) < 4.78 is 0. The smallest absolute Gasteiger partial charge is 0.303 e. The molecule has 1 aliphatic carbocycles. The number of hydrogen-bond acceptors (Lipinski definition) is 2. The number of aliphatic carboxylic acids is 1. The van der Waals surface area contributed by atoms with Crippen LogP contribution in [0.1, 0.15) is 32.1 Å². The average Bonchev–Trinajstić information content (AvgIpc) is 2.04. The van der Waals surface area contributed by atoms with Gasteiger partial charge in [-0.2, -0.15) is 0 Å². The Bertz CT molecular complexity index is 177. The number of aldehydes is 1. The number of carbonyl (C=O) groups excluding carboxylic acids is 1. The molecule has 0 aromatic carbocycles. The fourth-order valence-corrected chi connectivity index (χ4v) is 1.89. The second kappa shape index (κ2) is 4.24. The molecule has 0 heterocycles. The van der Waals surface area contributed by atoms with Crippen LogP contribution in [-0.2, 0) is 9.59 Å². The molecule has 12 heavy (non-hydrogen) atoms. The van der Waals surface area contributed by atoms with Crippen LogP contribution in [0, 0.1) is 11.8 Å². The molecule has 1 N–H and O–H groups in total. The third kappa shape index (κ3) is 2.32. The number of hydrogen-bond donors (Lipinski definition) is 1. The first-order valence-electron chi connectivity index (χ1n) is 4.41. The Kier molecular flexibility index (Phi) is 3.26. The molecule has 0 unspecified atom stereocenters. The highest BCUT2D eigenvalue weighted by molar-refractivity contribution is 5.68. The van der Waals surface area contributed by atoms with E-state index >= 15 is 0 Å². The summed E-state index contributed by atoms with van der Waals surface area (Å²) in [6, 6.07) is 0. The van der Waals surface area contributed by atoms with Gasteiger partial charge in [-0.05, 0) is 18.8 Å². The highest BCUT2D eigenvalue weighted by Gasteiger charge is 2.26. The fraction of sp³-hybridized carbons (Fsp3) is 0.778. The van der Waals surface area contributed by atoms with Crippen molar-refractivity contribution in [2.45, 2.75) is 32.1 Å². The lowest BCUT2D eigenvalue weighted by Crippen LogP contribution is -2.23. The van der Waals surface area contributed by atoms with Gasteiger partial charge >= 0.3 is 5.97 Å². The quantitative estimate of drug-likeness (QED) is 0.652. The van der Waals surface area contributed by atoms with Crippen LogP contribution < -0.4 is 0 Å². The molecule has 0 amide bonds. The van der Waals surface area contributed by atoms with E-state index < -0.39 is 5.97 Å². The molecule has 0 aromatic rings. The minimum absolute atomic E-state index is 0.00477. The maximum absolute atomic E-state index is 10.6. The third-order valence-corrected chi connectivity index (χ3v) is 2.58. The van der Waals surface area contributed by atoms with Crippen molar-refractivity contribution in [3.05, 3.63) is 0 Å². The van der Waals surface area contributed by atoms with Crippen LogP contribution in [0.3, 0.4) is 0 Å². The van der Waals surface area contributed by atoms with Crippen molar-refractivity contribution >= 4 is 12.3 Å². The van der Waals surface area contributed by atoms with E-state index in [4.69, 9.17) is 5.11 Å². The normalized spacial score (nSPS) is 29.7. The van der Waals surface area contributed by atoms with Gasteiger partial charge < -0.3 is 9.90 Å². The van der Waals surface area contributed by atoms with E-state index in [2.05, 4.69) is 0 Å². The van der Waals surface area contributed by atoms with E-state index in [9.17, 15) is 9.59 Å². The third-order valence-electron chi connectivity index (χ3n) is 2.58. The van der Waals surface area contributed by atoms with Crippen molar-refractivity contribution < 1.29 is 14.7 Å². The van der Waals surface area contributed by atoms with Crippen LogP contribution in [0.4, 0.5) is 0 Å². The van der Waals surface area contributed by atoms with Crippen molar-refractivity contribution in [3.8, 4) is 0 Å². The minimum Gasteiger partial charge on any atom is -0.481 e. The van der Waals surface area contributed by atoms with Gasteiger partial charge in [0.25, 0.3) is 0 Å². The molecule has 2 atom stereocenters. The fourth-order valence-electron chi connectivity index (χ4n) is 1.89.